The predicted molar refractivity (Wildman–Crippen MR) is 69.4 cm³/mol. The minimum absolute atomic E-state index is 0.0182. The van der Waals surface area contributed by atoms with E-state index in [0.717, 1.165) is 19.5 Å². The minimum atomic E-state index is -0.0182. The number of amides is 1. The van der Waals surface area contributed by atoms with E-state index in [-0.39, 0.29) is 11.9 Å². The summed E-state index contributed by atoms with van der Waals surface area (Å²) < 4.78 is 0. The summed E-state index contributed by atoms with van der Waals surface area (Å²) in [6.45, 7) is 1.91. The third-order valence-corrected chi connectivity index (χ3v) is 3.24. The number of hydrogen-bond donors (Lipinski definition) is 2. The van der Waals surface area contributed by atoms with Gasteiger partial charge in [-0.3, -0.25) is 4.79 Å². The number of rotatable bonds is 2. The molecular weight excluding hydrogens is 236 g/mol. The van der Waals surface area contributed by atoms with Crippen LogP contribution in [0.3, 0.4) is 0 Å². The van der Waals surface area contributed by atoms with Crippen LogP contribution in [-0.4, -0.2) is 25.0 Å². The average molecular weight is 253 g/mol. The highest BCUT2D eigenvalue weighted by molar-refractivity contribution is 6.30. The summed E-state index contributed by atoms with van der Waals surface area (Å²) >= 11 is 5.79. The van der Waals surface area contributed by atoms with Crippen LogP contribution >= 0.6 is 11.6 Å². The number of carbonyl (C=O) groups excluding carboxylic acids is 1. The Morgan fingerprint density at radius 2 is 2.06 bits per heavy atom. The molecule has 0 aliphatic carbocycles. The highest BCUT2D eigenvalue weighted by atomic mass is 35.5. The first-order valence-electron chi connectivity index (χ1n) is 6.03. The molecule has 1 aliphatic rings. The Kier molecular flexibility index (Phi) is 4.40. The average Bonchev–Trinajstić information content (AvgIpc) is 2.58. The summed E-state index contributed by atoms with van der Waals surface area (Å²) in [6, 6.07) is 7.22. The molecule has 1 saturated heterocycles. The second-order valence-electron chi connectivity index (χ2n) is 4.38. The van der Waals surface area contributed by atoms with Crippen molar-refractivity contribution >= 4 is 17.5 Å². The van der Waals surface area contributed by atoms with Crippen molar-refractivity contribution in [3.8, 4) is 0 Å². The third kappa shape index (κ3) is 3.72. The van der Waals surface area contributed by atoms with Crippen LogP contribution in [0.2, 0.25) is 5.02 Å². The van der Waals surface area contributed by atoms with Gasteiger partial charge in [-0.05, 0) is 43.7 Å². The van der Waals surface area contributed by atoms with E-state index in [1.54, 1.807) is 24.3 Å². The fourth-order valence-corrected chi connectivity index (χ4v) is 2.14. The van der Waals surface area contributed by atoms with E-state index in [1.807, 2.05) is 0 Å². The monoisotopic (exact) mass is 252 g/mol. The molecule has 2 N–H and O–H groups in total. The fraction of sp³-hybridized carbons (Fsp3) is 0.462. The van der Waals surface area contributed by atoms with Gasteiger partial charge in [-0.15, -0.1) is 0 Å². The molecule has 0 bridgehead atoms. The third-order valence-electron chi connectivity index (χ3n) is 2.99. The van der Waals surface area contributed by atoms with E-state index in [0.29, 0.717) is 10.6 Å². The van der Waals surface area contributed by atoms with Gasteiger partial charge in [0.2, 0.25) is 0 Å². The van der Waals surface area contributed by atoms with Crippen LogP contribution in [-0.2, 0) is 0 Å². The summed E-state index contributed by atoms with van der Waals surface area (Å²) in [4.78, 5) is 12.0. The van der Waals surface area contributed by atoms with Crippen molar-refractivity contribution in [3.63, 3.8) is 0 Å². The molecule has 17 heavy (non-hydrogen) atoms. The Morgan fingerprint density at radius 1 is 1.29 bits per heavy atom. The zero-order chi connectivity index (χ0) is 12.1. The lowest BCUT2D eigenvalue weighted by Crippen LogP contribution is -2.40. The number of halogens is 1. The van der Waals surface area contributed by atoms with E-state index in [2.05, 4.69) is 10.6 Å². The molecule has 3 nitrogen and oxygen atoms in total. The standard InChI is InChI=1S/C13H17ClN2O/c14-11-6-4-10(5-7-11)13(17)16-12-3-1-2-8-15-9-12/h4-7,12,15H,1-3,8-9H2,(H,16,17). The predicted octanol–water partition coefficient (Wildman–Crippen LogP) is 2.21. The molecular formula is C13H17ClN2O. The van der Waals surface area contributed by atoms with Gasteiger partial charge in [0.25, 0.3) is 5.91 Å². The number of nitrogens with one attached hydrogen (secondary N) is 2. The zero-order valence-corrected chi connectivity index (χ0v) is 10.5. The highest BCUT2D eigenvalue weighted by Gasteiger charge is 2.15. The Hall–Kier alpha value is -1.06. The number of hydrogen-bond acceptors (Lipinski definition) is 2. The normalized spacial score (nSPS) is 20.6. The highest BCUT2D eigenvalue weighted by Crippen LogP contribution is 2.10. The second-order valence-corrected chi connectivity index (χ2v) is 4.81. The molecule has 1 atom stereocenters. The molecule has 1 amide bonds. The van der Waals surface area contributed by atoms with Crippen molar-refractivity contribution in [1.82, 2.24) is 10.6 Å². The summed E-state index contributed by atoms with van der Waals surface area (Å²) in [5.41, 5.74) is 0.665. The van der Waals surface area contributed by atoms with Crippen molar-refractivity contribution in [2.24, 2.45) is 0 Å². The maximum Gasteiger partial charge on any atom is 0.251 e. The molecule has 1 unspecified atom stereocenters. The molecule has 1 aromatic rings. The van der Waals surface area contributed by atoms with E-state index < -0.39 is 0 Å². The van der Waals surface area contributed by atoms with Crippen LogP contribution in [0.5, 0.6) is 0 Å². The first kappa shape index (κ1) is 12.4. The largest absolute Gasteiger partial charge is 0.348 e. The number of carbonyl (C=O) groups is 1. The lowest BCUT2D eigenvalue weighted by molar-refractivity contribution is 0.0935. The molecule has 92 valence electrons. The summed E-state index contributed by atoms with van der Waals surface area (Å²) in [7, 11) is 0. The van der Waals surface area contributed by atoms with Crippen molar-refractivity contribution in [2.75, 3.05) is 13.1 Å². The van der Waals surface area contributed by atoms with Crippen LogP contribution in [0.1, 0.15) is 29.6 Å². The van der Waals surface area contributed by atoms with Gasteiger partial charge >= 0.3 is 0 Å². The second kappa shape index (κ2) is 6.03. The van der Waals surface area contributed by atoms with Crippen LogP contribution in [0.15, 0.2) is 24.3 Å². The quantitative estimate of drug-likeness (QED) is 0.847. The van der Waals surface area contributed by atoms with Gasteiger partial charge < -0.3 is 10.6 Å². The zero-order valence-electron chi connectivity index (χ0n) is 9.71. The molecule has 1 heterocycles. The van der Waals surface area contributed by atoms with Crippen molar-refractivity contribution in [2.45, 2.75) is 25.3 Å². The van der Waals surface area contributed by atoms with Gasteiger partial charge in [-0.25, -0.2) is 0 Å². The molecule has 1 aromatic carbocycles. The van der Waals surface area contributed by atoms with Gasteiger partial charge in [-0.2, -0.15) is 0 Å². The Labute approximate surface area is 107 Å². The topological polar surface area (TPSA) is 41.1 Å². The van der Waals surface area contributed by atoms with Crippen molar-refractivity contribution in [1.29, 1.82) is 0 Å². The summed E-state index contributed by atoms with van der Waals surface area (Å²) in [5.74, 6) is -0.0182. The molecule has 2 rings (SSSR count). The molecule has 0 aromatic heterocycles. The van der Waals surface area contributed by atoms with Crippen molar-refractivity contribution in [3.05, 3.63) is 34.9 Å². The lowest BCUT2D eigenvalue weighted by atomic mass is 10.1. The molecule has 1 fully saturated rings. The molecule has 0 spiro atoms. The molecule has 0 radical (unpaired) electrons. The summed E-state index contributed by atoms with van der Waals surface area (Å²) in [6.07, 6.45) is 3.40. The lowest BCUT2D eigenvalue weighted by Gasteiger charge is -2.16. The number of benzene rings is 1. The van der Waals surface area contributed by atoms with Gasteiger partial charge in [0.1, 0.15) is 0 Å². The first-order chi connectivity index (χ1) is 8.25. The van der Waals surface area contributed by atoms with Gasteiger partial charge in [-0.1, -0.05) is 18.0 Å². The first-order valence-corrected chi connectivity index (χ1v) is 6.40. The van der Waals surface area contributed by atoms with Crippen LogP contribution < -0.4 is 10.6 Å². The minimum Gasteiger partial charge on any atom is -0.348 e. The smallest absolute Gasteiger partial charge is 0.251 e. The SMILES string of the molecule is O=C(NC1CCCCNC1)c1ccc(Cl)cc1. The molecule has 1 aliphatic heterocycles. The Bertz CT molecular complexity index is 370. The van der Waals surface area contributed by atoms with Gasteiger partial charge in [0.15, 0.2) is 0 Å². The van der Waals surface area contributed by atoms with E-state index >= 15 is 0 Å². The van der Waals surface area contributed by atoms with Gasteiger partial charge in [0, 0.05) is 23.2 Å². The molecule has 4 heteroatoms. The van der Waals surface area contributed by atoms with E-state index in [1.165, 1.54) is 12.8 Å². The van der Waals surface area contributed by atoms with Crippen molar-refractivity contribution < 1.29 is 4.79 Å². The van der Waals surface area contributed by atoms with Crippen LogP contribution in [0, 0.1) is 0 Å². The van der Waals surface area contributed by atoms with Crippen LogP contribution in [0.25, 0.3) is 0 Å². The summed E-state index contributed by atoms with van der Waals surface area (Å²) in [5, 5.41) is 7.03. The Morgan fingerprint density at radius 3 is 2.82 bits per heavy atom. The maximum atomic E-state index is 12.0. The van der Waals surface area contributed by atoms with E-state index in [4.69, 9.17) is 11.6 Å². The van der Waals surface area contributed by atoms with E-state index in [9.17, 15) is 4.79 Å². The molecule has 0 saturated carbocycles. The van der Waals surface area contributed by atoms with Crippen LogP contribution in [0.4, 0.5) is 0 Å². The maximum absolute atomic E-state index is 12.0. The van der Waals surface area contributed by atoms with Gasteiger partial charge in [0.05, 0.1) is 0 Å². The fourth-order valence-electron chi connectivity index (χ4n) is 2.01. The Balaban J connectivity index is 1.93.